The Kier molecular flexibility index (Phi) is 4.91. The topological polar surface area (TPSA) is 29.3 Å². The molecule has 5 aliphatic carbocycles. The number of thiocarbonyl (C=S) groups is 1. The van der Waals surface area contributed by atoms with Crippen LogP contribution in [0.1, 0.15) is 77.2 Å². The van der Waals surface area contributed by atoms with Gasteiger partial charge in [-0.05, 0) is 79.1 Å². The molecule has 2 unspecified atom stereocenters. The van der Waals surface area contributed by atoms with Gasteiger partial charge >= 0.3 is 0 Å². The van der Waals surface area contributed by atoms with Gasteiger partial charge in [-0.15, -0.1) is 11.6 Å². The largest absolute Gasteiger partial charge is 0.365 e. The summed E-state index contributed by atoms with van der Waals surface area (Å²) in [6, 6.07) is 11.6. The second-order valence-corrected chi connectivity index (χ2v) is 14.1. The monoisotopic (exact) mass is 470 g/mol. The third kappa shape index (κ3) is 3.24. The van der Waals surface area contributed by atoms with Crippen molar-refractivity contribution >= 4 is 28.8 Å². The van der Waals surface area contributed by atoms with Crippen molar-refractivity contribution in [3.63, 3.8) is 0 Å². The van der Waals surface area contributed by atoms with Gasteiger partial charge in [0.25, 0.3) is 0 Å². The van der Waals surface area contributed by atoms with Gasteiger partial charge in [0.2, 0.25) is 0 Å². The number of alkyl halides is 1. The SMILES string of the molecule is CC1(C)CN(C(=S)C23CC4CC(c5ccccc5)(CC(C2)C4(Cl)CC2CC2)C3)CC[C@@H]1N. The molecule has 32 heavy (non-hydrogen) atoms. The Balaban J connectivity index is 1.36. The molecule has 0 spiro atoms. The van der Waals surface area contributed by atoms with Gasteiger partial charge < -0.3 is 10.6 Å². The molecule has 0 amide bonds. The third-order valence-corrected chi connectivity index (χ3v) is 11.8. The molecule has 2 nitrogen and oxygen atoms in total. The van der Waals surface area contributed by atoms with E-state index in [1.165, 1.54) is 61.9 Å². The fraction of sp³-hybridized carbons (Fsp3) is 0.750. The number of hydrogen-bond acceptors (Lipinski definition) is 2. The van der Waals surface area contributed by atoms with Crippen LogP contribution in [0.3, 0.4) is 0 Å². The molecule has 1 heterocycles. The van der Waals surface area contributed by atoms with E-state index >= 15 is 0 Å². The van der Waals surface area contributed by atoms with Crippen LogP contribution in [-0.2, 0) is 5.41 Å². The van der Waals surface area contributed by atoms with Crippen LogP contribution in [0.15, 0.2) is 30.3 Å². The van der Waals surface area contributed by atoms with Crippen LogP contribution >= 0.6 is 23.8 Å². The average Bonchev–Trinajstić information content (AvgIpc) is 3.57. The standard InChI is InChI=1S/C28H39ClN2S/c1-25(2)18-31(11-10-23(25)30)24(32)27-15-21-13-26(17-27,20-6-4-3-5-7-20)14-22(16-27)28(21,29)12-19-8-9-19/h3-7,19,21-23H,8-18,30H2,1-2H3/t21?,22?,23-,26?,27?,28?/m0/s1. The Morgan fingerprint density at radius 1 is 1.06 bits per heavy atom. The van der Waals surface area contributed by atoms with E-state index < -0.39 is 0 Å². The number of hydrogen-bond donors (Lipinski definition) is 1. The van der Waals surface area contributed by atoms with Crippen molar-refractivity contribution in [2.45, 2.75) is 88.0 Å². The first kappa shape index (κ1) is 21.9. The molecule has 0 radical (unpaired) electrons. The lowest BCUT2D eigenvalue weighted by atomic mass is 9.39. The minimum Gasteiger partial charge on any atom is -0.365 e. The summed E-state index contributed by atoms with van der Waals surface area (Å²) in [6.45, 7) is 6.65. The number of piperidine rings is 1. The first-order valence-electron chi connectivity index (χ1n) is 13.0. The zero-order valence-corrected chi connectivity index (χ0v) is 21.4. The number of nitrogens with zero attached hydrogens (tertiary/aromatic N) is 1. The van der Waals surface area contributed by atoms with Gasteiger partial charge in [0, 0.05) is 24.5 Å². The molecule has 7 rings (SSSR count). The Hall–Kier alpha value is -0.640. The van der Waals surface area contributed by atoms with Gasteiger partial charge in [-0.3, -0.25) is 0 Å². The van der Waals surface area contributed by atoms with Crippen LogP contribution < -0.4 is 5.73 Å². The molecule has 3 atom stereocenters. The molecule has 1 aliphatic heterocycles. The molecule has 6 aliphatic rings. The Morgan fingerprint density at radius 2 is 1.72 bits per heavy atom. The molecular formula is C28H39ClN2S. The summed E-state index contributed by atoms with van der Waals surface area (Å²) in [5.74, 6) is 2.05. The first-order chi connectivity index (χ1) is 15.2. The van der Waals surface area contributed by atoms with E-state index in [1.54, 1.807) is 0 Å². The average molecular weight is 471 g/mol. The normalized spacial score (nSPS) is 44.6. The minimum atomic E-state index is 0.00248. The molecule has 4 heteroatoms. The van der Waals surface area contributed by atoms with Crippen molar-refractivity contribution in [1.29, 1.82) is 0 Å². The number of likely N-dealkylation sites (tertiary alicyclic amines) is 1. The third-order valence-electron chi connectivity index (χ3n) is 10.3. The van der Waals surface area contributed by atoms with E-state index in [2.05, 4.69) is 49.1 Å². The summed E-state index contributed by atoms with van der Waals surface area (Å²) >= 11 is 14.1. The van der Waals surface area contributed by atoms with Crippen LogP contribution in [0.5, 0.6) is 0 Å². The van der Waals surface area contributed by atoms with E-state index in [1.807, 2.05) is 0 Å². The smallest absolute Gasteiger partial charge is 0.0842 e. The highest BCUT2D eigenvalue weighted by atomic mass is 35.5. The van der Waals surface area contributed by atoms with Crippen LogP contribution in [0.25, 0.3) is 0 Å². The van der Waals surface area contributed by atoms with Crippen molar-refractivity contribution in [2.24, 2.45) is 34.3 Å². The Morgan fingerprint density at radius 3 is 2.31 bits per heavy atom. The van der Waals surface area contributed by atoms with Crippen LogP contribution in [0, 0.1) is 28.6 Å². The van der Waals surface area contributed by atoms with E-state index in [4.69, 9.17) is 29.6 Å². The maximum absolute atomic E-state index is 7.66. The lowest BCUT2D eigenvalue weighted by Gasteiger charge is -2.68. The predicted octanol–water partition coefficient (Wildman–Crippen LogP) is 6.30. The second-order valence-electron chi connectivity index (χ2n) is 13.0. The maximum Gasteiger partial charge on any atom is 0.0842 e. The first-order valence-corrected chi connectivity index (χ1v) is 13.7. The highest BCUT2D eigenvalue weighted by Crippen LogP contribution is 2.72. The van der Waals surface area contributed by atoms with Gasteiger partial charge in [-0.1, -0.05) is 69.2 Å². The van der Waals surface area contributed by atoms with Crippen molar-refractivity contribution in [1.82, 2.24) is 4.90 Å². The fourth-order valence-electron chi connectivity index (χ4n) is 8.51. The highest BCUT2D eigenvalue weighted by Gasteiger charge is 2.68. The molecule has 174 valence electrons. The van der Waals surface area contributed by atoms with E-state index in [0.29, 0.717) is 11.8 Å². The summed E-state index contributed by atoms with van der Waals surface area (Å²) < 4.78 is 0. The number of rotatable bonds is 4. The maximum atomic E-state index is 7.66. The minimum absolute atomic E-state index is 0.00248. The molecule has 0 aromatic heterocycles. The van der Waals surface area contributed by atoms with E-state index in [0.717, 1.165) is 25.4 Å². The van der Waals surface area contributed by atoms with Gasteiger partial charge in [0.05, 0.1) is 9.86 Å². The summed E-state index contributed by atoms with van der Waals surface area (Å²) in [7, 11) is 0. The fourth-order valence-corrected chi connectivity index (χ4v) is 9.43. The van der Waals surface area contributed by atoms with Crippen LogP contribution in [0.4, 0.5) is 0 Å². The number of halogens is 1. The second kappa shape index (κ2) is 7.18. The zero-order valence-electron chi connectivity index (χ0n) is 19.8. The van der Waals surface area contributed by atoms with Crippen molar-refractivity contribution in [3.8, 4) is 0 Å². The molecule has 5 saturated carbocycles. The molecule has 1 saturated heterocycles. The van der Waals surface area contributed by atoms with Crippen molar-refractivity contribution in [3.05, 3.63) is 35.9 Å². The summed E-state index contributed by atoms with van der Waals surface area (Å²) in [4.78, 5) is 3.81. The number of benzene rings is 1. The quantitative estimate of drug-likeness (QED) is 0.413. The molecular weight excluding hydrogens is 432 g/mol. The summed E-state index contributed by atoms with van der Waals surface area (Å²) in [6.07, 6.45) is 11.2. The van der Waals surface area contributed by atoms with E-state index in [9.17, 15) is 0 Å². The molecule has 4 bridgehead atoms. The zero-order chi connectivity index (χ0) is 22.4. The lowest BCUT2D eigenvalue weighted by Crippen LogP contribution is -2.67. The molecule has 1 aromatic rings. The van der Waals surface area contributed by atoms with Crippen molar-refractivity contribution < 1.29 is 0 Å². The molecule has 6 fully saturated rings. The Labute approximate surface area is 204 Å². The molecule has 1 aromatic carbocycles. The summed E-state index contributed by atoms with van der Waals surface area (Å²) in [5, 5.41) is 0. The number of nitrogens with two attached hydrogens (primary N) is 1. The van der Waals surface area contributed by atoms with Crippen molar-refractivity contribution in [2.75, 3.05) is 13.1 Å². The van der Waals surface area contributed by atoms with Crippen LogP contribution in [-0.4, -0.2) is 33.9 Å². The van der Waals surface area contributed by atoms with Gasteiger partial charge in [-0.2, -0.15) is 0 Å². The predicted molar refractivity (Wildman–Crippen MR) is 137 cm³/mol. The lowest BCUT2D eigenvalue weighted by molar-refractivity contribution is -0.0752. The Bertz CT molecular complexity index is 891. The molecule has 2 N–H and O–H groups in total. The summed E-state index contributed by atoms with van der Waals surface area (Å²) in [5.41, 5.74) is 8.51. The highest BCUT2D eigenvalue weighted by molar-refractivity contribution is 7.80. The van der Waals surface area contributed by atoms with E-state index in [-0.39, 0.29) is 27.2 Å². The van der Waals surface area contributed by atoms with Gasteiger partial charge in [0.15, 0.2) is 0 Å². The van der Waals surface area contributed by atoms with Gasteiger partial charge in [0.1, 0.15) is 0 Å². The van der Waals surface area contributed by atoms with Crippen LogP contribution in [0.2, 0.25) is 0 Å². The van der Waals surface area contributed by atoms with Gasteiger partial charge in [-0.25, -0.2) is 0 Å².